The van der Waals surface area contributed by atoms with Crippen molar-refractivity contribution < 1.29 is 4.79 Å². The van der Waals surface area contributed by atoms with Gasteiger partial charge in [-0.25, -0.2) is 0 Å². The SMILES string of the molecule is CCCN1C=C(SC(C)C)C(=O)C(c2cccc(Br)c2)C1. The number of thioether (sulfide) groups is 1. The number of ketones is 1. The van der Waals surface area contributed by atoms with Gasteiger partial charge >= 0.3 is 0 Å². The van der Waals surface area contributed by atoms with Crippen LogP contribution in [0.4, 0.5) is 0 Å². The van der Waals surface area contributed by atoms with E-state index in [4.69, 9.17) is 0 Å². The van der Waals surface area contributed by atoms with E-state index in [0.29, 0.717) is 5.25 Å². The van der Waals surface area contributed by atoms with Gasteiger partial charge in [0.1, 0.15) is 0 Å². The van der Waals surface area contributed by atoms with Crippen LogP contribution in [-0.4, -0.2) is 29.0 Å². The summed E-state index contributed by atoms with van der Waals surface area (Å²) >= 11 is 5.18. The number of carbonyl (C=O) groups is 1. The Bertz CT molecular complexity index is 541. The van der Waals surface area contributed by atoms with Crippen molar-refractivity contribution in [1.82, 2.24) is 4.90 Å². The number of hydrogen-bond donors (Lipinski definition) is 0. The number of rotatable bonds is 5. The maximum atomic E-state index is 12.8. The largest absolute Gasteiger partial charge is 0.375 e. The molecular formula is C17H22BrNOS. The molecule has 0 aliphatic carbocycles. The van der Waals surface area contributed by atoms with Crippen LogP contribution in [0.15, 0.2) is 39.8 Å². The highest BCUT2D eigenvalue weighted by Crippen LogP contribution is 2.34. The van der Waals surface area contributed by atoms with Crippen molar-refractivity contribution in [2.24, 2.45) is 0 Å². The maximum Gasteiger partial charge on any atom is 0.179 e. The summed E-state index contributed by atoms with van der Waals surface area (Å²) in [5.41, 5.74) is 1.10. The molecule has 0 amide bonds. The molecule has 1 atom stereocenters. The molecule has 1 aliphatic heterocycles. The molecule has 1 aliphatic rings. The number of allylic oxidation sites excluding steroid dienone is 1. The minimum Gasteiger partial charge on any atom is -0.375 e. The highest BCUT2D eigenvalue weighted by atomic mass is 79.9. The molecule has 0 saturated heterocycles. The van der Waals surface area contributed by atoms with E-state index in [1.54, 1.807) is 11.8 Å². The van der Waals surface area contributed by atoms with Crippen LogP contribution in [-0.2, 0) is 4.79 Å². The van der Waals surface area contributed by atoms with Crippen molar-refractivity contribution in [2.75, 3.05) is 13.1 Å². The summed E-state index contributed by atoms with van der Waals surface area (Å²) < 4.78 is 1.03. The van der Waals surface area contributed by atoms with E-state index in [9.17, 15) is 4.79 Å². The van der Waals surface area contributed by atoms with Gasteiger partial charge < -0.3 is 4.90 Å². The predicted octanol–water partition coefficient (Wildman–Crippen LogP) is 4.81. The molecule has 1 aromatic carbocycles. The average Bonchev–Trinajstić information content (AvgIpc) is 2.42. The standard InChI is InChI=1S/C17H22BrNOS/c1-4-8-19-10-15(13-6-5-7-14(18)9-13)17(20)16(11-19)21-12(2)3/h5-7,9,11-12,15H,4,8,10H2,1-3H3. The summed E-state index contributed by atoms with van der Waals surface area (Å²) in [5, 5.41) is 0.421. The van der Waals surface area contributed by atoms with E-state index in [1.807, 2.05) is 12.1 Å². The number of carbonyl (C=O) groups excluding carboxylic acids is 1. The first kappa shape index (κ1) is 16.6. The van der Waals surface area contributed by atoms with Crippen molar-refractivity contribution in [2.45, 2.75) is 38.4 Å². The summed E-state index contributed by atoms with van der Waals surface area (Å²) in [5.74, 6) is 0.208. The van der Waals surface area contributed by atoms with Crippen molar-refractivity contribution in [3.8, 4) is 0 Å². The molecule has 0 spiro atoms. The van der Waals surface area contributed by atoms with E-state index >= 15 is 0 Å². The fourth-order valence-corrected chi connectivity index (χ4v) is 3.93. The second kappa shape index (κ2) is 7.50. The second-order valence-electron chi connectivity index (χ2n) is 5.63. The van der Waals surface area contributed by atoms with E-state index in [0.717, 1.165) is 34.5 Å². The molecule has 0 aromatic heterocycles. The van der Waals surface area contributed by atoms with Gasteiger partial charge in [0.05, 0.1) is 10.8 Å². The van der Waals surface area contributed by atoms with Gasteiger partial charge in [-0.1, -0.05) is 48.8 Å². The van der Waals surface area contributed by atoms with Gasteiger partial charge in [0, 0.05) is 29.0 Å². The minimum atomic E-state index is -0.0553. The molecule has 1 unspecified atom stereocenters. The Hall–Kier alpha value is -0.740. The molecule has 0 N–H and O–H groups in total. The van der Waals surface area contributed by atoms with E-state index < -0.39 is 0 Å². The maximum absolute atomic E-state index is 12.8. The van der Waals surface area contributed by atoms with Crippen LogP contribution in [0.2, 0.25) is 0 Å². The first-order valence-corrected chi connectivity index (χ1v) is 9.10. The zero-order valence-corrected chi connectivity index (χ0v) is 15.2. The predicted molar refractivity (Wildman–Crippen MR) is 94.6 cm³/mol. The quantitative estimate of drug-likeness (QED) is 0.744. The van der Waals surface area contributed by atoms with E-state index in [1.165, 1.54) is 0 Å². The summed E-state index contributed by atoms with van der Waals surface area (Å²) in [7, 11) is 0. The monoisotopic (exact) mass is 367 g/mol. The van der Waals surface area contributed by atoms with Crippen LogP contribution < -0.4 is 0 Å². The molecule has 2 rings (SSSR count). The summed E-state index contributed by atoms with van der Waals surface area (Å²) in [4.78, 5) is 16.0. The third-order valence-corrected chi connectivity index (χ3v) is 4.93. The van der Waals surface area contributed by atoms with E-state index in [2.05, 4.69) is 59.9 Å². The van der Waals surface area contributed by atoms with Gasteiger partial charge in [0.15, 0.2) is 5.78 Å². The Morgan fingerprint density at radius 1 is 1.43 bits per heavy atom. The number of halogens is 1. The summed E-state index contributed by atoms with van der Waals surface area (Å²) in [6.45, 7) is 8.22. The third-order valence-electron chi connectivity index (χ3n) is 3.40. The van der Waals surface area contributed by atoms with Gasteiger partial charge in [-0.15, -0.1) is 11.8 Å². The lowest BCUT2D eigenvalue weighted by Gasteiger charge is -2.32. The zero-order chi connectivity index (χ0) is 15.4. The molecule has 0 fully saturated rings. The highest BCUT2D eigenvalue weighted by Gasteiger charge is 2.30. The van der Waals surface area contributed by atoms with Gasteiger partial charge in [-0.2, -0.15) is 0 Å². The zero-order valence-electron chi connectivity index (χ0n) is 12.8. The van der Waals surface area contributed by atoms with E-state index in [-0.39, 0.29) is 11.7 Å². The Labute approximate surface area is 140 Å². The topological polar surface area (TPSA) is 20.3 Å². The van der Waals surface area contributed by atoms with Crippen LogP contribution in [0.3, 0.4) is 0 Å². The molecule has 21 heavy (non-hydrogen) atoms. The Morgan fingerprint density at radius 3 is 2.81 bits per heavy atom. The third kappa shape index (κ3) is 4.36. The molecule has 0 saturated carbocycles. The van der Waals surface area contributed by atoms with Crippen molar-refractivity contribution >= 4 is 33.5 Å². The van der Waals surface area contributed by atoms with Crippen LogP contribution in [0, 0.1) is 0 Å². The molecule has 1 aromatic rings. The first-order chi connectivity index (χ1) is 10.0. The van der Waals surface area contributed by atoms with Crippen molar-refractivity contribution in [1.29, 1.82) is 0 Å². The van der Waals surface area contributed by atoms with Crippen LogP contribution in [0.5, 0.6) is 0 Å². The van der Waals surface area contributed by atoms with Gasteiger partial charge in [0.25, 0.3) is 0 Å². The van der Waals surface area contributed by atoms with Crippen LogP contribution in [0.1, 0.15) is 38.7 Å². The average molecular weight is 368 g/mol. The Kier molecular flexibility index (Phi) is 5.94. The summed E-state index contributed by atoms with van der Waals surface area (Å²) in [6, 6.07) is 8.13. The van der Waals surface area contributed by atoms with Crippen LogP contribution in [0.25, 0.3) is 0 Å². The lowest BCUT2D eigenvalue weighted by molar-refractivity contribution is -0.117. The van der Waals surface area contributed by atoms with Gasteiger partial charge in [0.2, 0.25) is 0 Å². The highest BCUT2D eigenvalue weighted by molar-refractivity contribution is 9.10. The number of benzene rings is 1. The fraction of sp³-hybridized carbons (Fsp3) is 0.471. The smallest absolute Gasteiger partial charge is 0.179 e. The minimum absolute atomic E-state index is 0.0553. The first-order valence-electron chi connectivity index (χ1n) is 7.43. The Balaban J connectivity index is 2.30. The molecule has 0 bridgehead atoms. The molecule has 114 valence electrons. The van der Waals surface area contributed by atoms with Crippen molar-refractivity contribution in [3.05, 3.63) is 45.4 Å². The molecule has 2 nitrogen and oxygen atoms in total. The lowest BCUT2D eigenvalue weighted by Crippen LogP contribution is -2.34. The Morgan fingerprint density at radius 2 is 2.19 bits per heavy atom. The normalized spacial score (nSPS) is 19.1. The fourth-order valence-electron chi connectivity index (χ4n) is 2.54. The summed E-state index contributed by atoms with van der Waals surface area (Å²) in [6.07, 6.45) is 3.15. The molecule has 1 heterocycles. The lowest BCUT2D eigenvalue weighted by atomic mass is 9.92. The molecular weight excluding hydrogens is 346 g/mol. The van der Waals surface area contributed by atoms with Crippen molar-refractivity contribution in [3.63, 3.8) is 0 Å². The van der Waals surface area contributed by atoms with Gasteiger partial charge in [-0.3, -0.25) is 4.79 Å². The second-order valence-corrected chi connectivity index (χ2v) is 8.16. The number of Topliss-reactive ketones (excluding diaryl/α,β-unsaturated/α-hetero) is 1. The molecule has 0 radical (unpaired) electrons. The molecule has 4 heteroatoms. The number of hydrogen-bond acceptors (Lipinski definition) is 3. The van der Waals surface area contributed by atoms with Gasteiger partial charge in [-0.05, 0) is 24.1 Å². The number of nitrogens with zero attached hydrogens (tertiary/aromatic N) is 1. The van der Waals surface area contributed by atoms with Crippen LogP contribution >= 0.6 is 27.7 Å².